The van der Waals surface area contributed by atoms with Gasteiger partial charge in [0.1, 0.15) is 11.5 Å². The van der Waals surface area contributed by atoms with Crippen molar-refractivity contribution in [3.05, 3.63) is 102 Å². The highest BCUT2D eigenvalue weighted by molar-refractivity contribution is 5.61. The first kappa shape index (κ1) is 22.4. The Bertz CT molecular complexity index is 1430. The average molecular weight is 476 g/mol. The van der Waals surface area contributed by atoms with Gasteiger partial charge in [-0.25, -0.2) is 9.97 Å². The number of nitrogens with one attached hydrogen (secondary N) is 1. The summed E-state index contributed by atoms with van der Waals surface area (Å²) in [4.78, 5) is 16.2. The minimum atomic E-state index is 0.402. The molecular weight excluding hydrogens is 446 g/mol. The van der Waals surface area contributed by atoms with Gasteiger partial charge in [-0.15, -0.1) is 0 Å². The monoisotopic (exact) mass is 475 g/mol. The van der Waals surface area contributed by atoms with Gasteiger partial charge in [-0.1, -0.05) is 48.5 Å². The van der Waals surface area contributed by atoms with Gasteiger partial charge in [-0.3, -0.25) is 19.5 Å². The number of aryl methyl sites for hydroxylation is 1. The second-order valence-corrected chi connectivity index (χ2v) is 9.50. The molecule has 0 amide bonds. The van der Waals surface area contributed by atoms with Gasteiger partial charge in [0.25, 0.3) is 0 Å². The lowest BCUT2D eigenvalue weighted by molar-refractivity contribution is 0.202. The summed E-state index contributed by atoms with van der Waals surface area (Å²) in [6.45, 7) is 5.04. The van der Waals surface area contributed by atoms with Crippen LogP contribution in [0.4, 0.5) is 0 Å². The highest BCUT2D eigenvalue weighted by Gasteiger charge is 2.24. The van der Waals surface area contributed by atoms with Crippen LogP contribution in [0, 0.1) is 6.92 Å². The summed E-state index contributed by atoms with van der Waals surface area (Å²) in [7, 11) is 0. The van der Waals surface area contributed by atoms with E-state index >= 15 is 0 Å². The molecule has 0 aliphatic carbocycles. The van der Waals surface area contributed by atoms with Gasteiger partial charge in [0, 0.05) is 29.9 Å². The highest BCUT2D eigenvalue weighted by Crippen LogP contribution is 2.28. The Hall–Kier alpha value is -4.10. The minimum absolute atomic E-state index is 0.402. The summed E-state index contributed by atoms with van der Waals surface area (Å²) in [5.74, 6) is 2.06. The van der Waals surface area contributed by atoms with Crippen molar-refractivity contribution in [2.24, 2.45) is 0 Å². The molecule has 1 aliphatic rings. The molecule has 4 heterocycles. The molecule has 5 aromatic rings. The zero-order valence-corrected chi connectivity index (χ0v) is 20.4. The normalized spacial score (nSPS) is 14.8. The molecule has 7 nitrogen and oxygen atoms in total. The maximum Gasteiger partial charge on any atom is 0.199 e. The number of likely N-dealkylation sites (tertiary alicyclic amines) is 1. The number of benzene rings is 2. The van der Waals surface area contributed by atoms with Crippen LogP contribution in [0.25, 0.3) is 28.5 Å². The molecule has 0 bridgehead atoms. The molecule has 1 aliphatic heterocycles. The van der Waals surface area contributed by atoms with Crippen LogP contribution < -0.4 is 0 Å². The quantitative estimate of drug-likeness (QED) is 0.356. The van der Waals surface area contributed by atoms with Gasteiger partial charge >= 0.3 is 0 Å². The number of imidazole rings is 1. The fourth-order valence-electron chi connectivity index (χ4n) is 4.92. The molecule has 0 unspecified atom stereocenters. The van der Waals surface area contributed by atoms with Gasteiger partial charge in [0.05, 0.1) is 18.2 Å². The van der Waals surface area contributed by atoms with Crippen molar-refractivity contribution in [2.75, 3.05) is 13.1 Å². The van der Waals surface area contributed by atoms with Gasteiger partial charge in [0.15, 0.2) is 5.82 Å². The Morgan fingerprint density at radius 3 is 2.61 bits per heavy atom. The molecule has 180 valence electrons. The zero-order chi connectivity index (χ0) is 24.3. The Balaban J connectivity index is 1.10. The molecule has 1 saturated heterocycles. The van der Waals surface area contributed by atoms with Crippen LogP contribution in [0.15, 0.2) is 85.5 Å². The first-order valence-electron chi connectivity index (χ1n) is 12.5. The summed E-state index contributed by atoms with van der Waals surface area (Å²) in [6, 6.07) is 23.2. The van der Waals surface area contributed by atoms with E-state index in [9.17, 15) is 0 Å². The van der Waals surface area contributed by atoms with Crippen molar-refractivity contribution in [3.8, 4) is 28.5 Å². The second kappa shape index (κ2) is 9.87. The number of H-pyrrole nitrogens is 1. The van der Waals surface area contributed by atoms with Gasteiger partial charge in [-0.2, -0.15) is 5.10 Å². The van der Waals surface area contributed by atoms with Crippen LogP contribution in [-0.4, -0.2) is 47.7 Å². The number of aromatic amines is 1. The molecule has 2 aromatic carbocycles. The Labute approximate surface area is 210 Å². The van der Waals surface area contributed by atoms with E-state index in [0.717, 1.165) is 66.5 Å². The molecule has 3 aromatic heterocycles. The second-order valence-electron chi connectivity index (χ2n) is 9.50. The zero-order valence-electron chi connectivity index (χ0n) is 20.4. The number of hydrogen-bond acceptors (Lipinski definition) is 5. The summed E-state index contributed by atoms with van der Waals surface area (Å²) in [5.41, 5.74) is 6.66. The summed E-state index contributed by atoms with van der Waals surface area (Å²) < 4.78 is 2.16. The van der Waals surface area contributed by atoms with Crippen LogP contribution in [-0.2, 0) is 6.54 Å². The molecule has 6 rings (SSSR count). The van der Waals surface area contributed by atoms with Gasteiger partial charge in [0.2, 0.25) is 0 Å². The van der Waals surface area contributed by atoms with Crippen molar-refractivity contribution in [3.63, 3.8) is 0 Å². The van der Waals surface area contributed by atoms with E-state index in [2.05, 4.69) is 78.2 Å². The fourth-order valence-corrected chi connectivity index (χ4v) is 4.92. The van der Waals surface area contributed by atoms with E-state index in [1.54, 1.807) is 0 Å². The van der Waals surface area contributed by atoms with Crippen LogP contribution in [0.2, 0.25) is 0 Å². The average Bonchev–Trinajstić information content (AvgIpc) is 3.61. The summed E-state index contributed by atoms with van der Waals surface area (Å²) in [6.07, 6.45) is 7.81. The molecule has 36 heavy (non-hydrogen) atoms. The van der Waals surface area contributed by atoms with Crippen molar-refractivity contribution >= 4 is 0 Å². The van der Waals surface area contributed by atoms with E-state index in [1.807, 2.05) is 43.8 Å². The van der Waals surface area contributed by atoms with E-state index in [4.69, 9.17) is 4.98 Å². The third-order valence-corrected chi connectivity index (χ3v) is 6.92. The topological polar surface area (TPSA) is 75.5 Å². The Morgan fingerprint density at radius 1 is 0.944 bits per heavy atom. The number of pyridine rings is 1. The third kappa shape index (κ3) is 4.70. The molecule has 0 spiro atoms. The van der Waals surface area contributed by atoms with Crippen molar-refractivity contribution in [1.29, 1.82) is 0 Å². The summed E-state index contributed by atoms with van der Waals surface area (Å²) >= 11 is 0. The van der Waals surface area contributed by atoms with E-state index < -0.39 is 0 Å². The van der Waals surface area contributed by atoms with Crippen molar-refractivity contribution in [2.45, 2.75) is 32.2 Å². The van der Waals surface area contributed by atoms with Crippen molar-refractivity contribution in [1.82, 2.24) is 34.6 Å². The molecule has 0 atom stereocenters. The highest BCUT2D eigenvalue weighted by atomic mass is 15.2. The SMILES string of the molecule is Cc1ccc(-c2n[nH]c(C3CCN(Cc4cccc(-n5cncc5-c5ccccc5)c4)CC3)n2)nc1. The number of piperidine rings is 1. The Morgan fingerprint density at radius 2 is 1.81 bits per heavy atom. The lowest BCUT2D eigenvalue weighted by atomic mass is 9.96. The molecule has 1 fully saturated rings. The van der Waals surface area contributed by atoms with Crippen molar-refractivity contribution < 1.29 is 0 Å². The van der Waals surface area contributed by atoms with E-state index in [-0.39, 0.29) is 0 Å². The molecule has 0 radical (unpaired) electrons. The van der Waals surface area contributed by atoms with Crippen LogP contribution in [0.1, 0.15) is 35.7 Å². The van der Waals surface area contributed by atoms with E-state index in [1.165, 1.54) is 5.56 Å². The number of nitrogens with zero attached hydrogens (tertiary/aromatic N) is 6. The molecule has 7 heteroatoms. The first-order chi connectivity index (χ1) is 17.7. The number of rotatable bonds is 6. The van der Waals surface area contributed by atoms with Crippen LogP contribution >= 0.6 is 0 Å². The number of hydrogen-bond donors (Lipinski definition) is 1. The lowest BCUT2D eigenvalue weighted by Crippen LogP contribution is -2.32. The molecular formula is C29H29N7. The fraction of sp³-hybridized carbons (Fsp3) is 0.241. The predicted molar refractivity (Wildman–Crippen MR) is 141 cm³/mol. The van der Waals surface area contributed by atoms with Gasteiger partial charge < -0.3 is 0 Å². The largest absolute Gasteiger partial charge is 0.299 e. The predicted octanol–water partition coefficient (Wildman–Crippen LogP) is 5.41. The third-order valence-electron chi connectivity index (χ3n) is 6.92. The summed E-state index contributed by atoms with van der Waals surface area (Å²) in [5, 5.41) is 7.59. The maximum atomic E-state index is 4.76. The molecule has 1 N–H and O–H groups in total. The van der Waals surface area contributed by atoms with Crippen LogP contribution in [0.3, 0.4) is 0 Å². The van der Waals surface area contributed by atoms with Crippen LogP contribution in [0.5, 0.6) is 0 Å². The van der Waals surface area contributed by atoms with Gasteiger partial charge in [-0.05, 0) is 62.2 Å². The Kier molecular flexibility index (Phi) is 6.13. The minimum Gasteiger partial charge on any atom is -0.299 e. The standard InChI is InChI=1S/C29H29N7/c1-21-10-11-26(31-17-21)29-32-28(33-34-29)24-12-14-35(15-13-24)19-22-6-5-9-25(16-22)36-20-30-18-27(36)23-7-3-2-4-8-23/h2-11,16-18,20,24H,12-15,19H2,1H3,(H,32,33,34). The van der Waals surface area contributed by atoms with E-state index in [0.29, 0.717) is 11.7 Å². The lowest BCUT2D eigenvalue weighted by Gasteiger charge is -2.31. The number of aromatic nitrogens is 6. The molecule has 0 saturated carbocycles. The first-order valence-corrected chi connectivity index (χ1v) is 12.5. The maximum absolute atomic E-state index is 4.76. The smallest absolute Gasteiger partial charge is 0.199 e.